The molecule has 1 saturated heterocycles. The molecular weight excluding hydrogens is 343 g/mol. The van der Waals surface area contributed by atoms with Crippen molar-refractivity contribution in [3.8, 4) is 0 Å². The molecular formula is C8H5F9N2OS. The Morgan fingerprint density at radius 2 is 1.29 bits per heavy atom. The van der Waals surface area contributed by atoms with Crippen LogP contribution in [0.15, 0.2) is 0 Å². The fourth-order valence-electron chi connectivity index (χ4n) is 1.96. The number of amides is 1. The van der Waals surface area contributed by atoms with Crippen LogP contribution in [0.3, 0.4) is 0 Å². The number of hydrogen-bond donors (Lipinski definition) is 2. The summed E-state index contributed by atoms with van der Waals surface area (Å²) in [5.74, 6) is -5.60. The number of halogens is 9. The maximum absolute atomic E-state index is 12.7. The highest BCUT2D eigenvalue weighted by atomic mass is 32.1. The molecule has 0 aliphatic carbocycles. The third kappa shape index (κ3) is 2.62. The summed E-state index contributed by atoms with van der Waals surface area (Å²) in [6.45, 7) is -1.55. The number of alkyl halides is 9. The van der Waals surface area contributed by atoms with Crippen molar-refractivity contribution >= 4 is 23.2 Å². The van der Waals surface area contributed by atoms with Crippen LogP contribution in [0.2, 0.25) is 0 Å². The predicted molar refractivity (Wildman–Crippen MR) is 52.8 cm³/mol. The average Bonchev–Trinajstić information content (AvgIpc) is 2.15. The van der Waals surface area contributed by atoms with Gasteiger partial charge in [-0.3, -0.25) is 4.79 Å². The standard InChI is InChI=1S/C8H5F9N2OS/c9-6(10,11)5(7(12,13)14,8(15,16)17)2-1-18-4(21)19-3(2)20/h2H,1H2,(H2,18,19,20,21). The lowest BCUT2D eigenvalue weighted by Gasteiger charge is -2.44. The first-order chi connectivity index (χ1) is 9.16. The van der Waals surface area contributed by atoms with E-state index < -0.39 is 47.4 Å². The number of rotatable bonds is 1. The third-order valence-corrected chi connectivity index (χ3v) is 3.13. The zero-order chi connectivity index (χ0) is 16.9. The largest absolute Gasteiger partial charge is 0.412 e. The lowest BCUT2D eigenvalue weighted by Crippen LogP contribution is -2.70. The van der Waals surface area contributed by atoms with Gasteiger partial charge in [-0.05, 0) is 12.2 Å². The molecule has 0 aromatic carbocycles. The van der Waals surface area contributed by atoms with Crippen molar-refractivity contribution < 1.29 is 44.3 Å². The van der Waals surface area contributed by atoms with Crippen LogP contribution in [-0.2, 0) is 4.79 Å². The Kier molecular flexibility index (Phi) is 4.13. The van der Waals surface area contributed by atoms with Crippen LogP contribution in [0.5, 0.6) is 0 Å². The molecule has 1 unspecified atom stereocenters. The van der Waals surface area contributed by atoms with Gasteiger partial charge in [0.2, 0.25) is 5.91 Å². The van der Waals surface area contributed by atoms with E-state index in [1.54, 1.807) is 5.32 Å². The highest BCUT2D eigenvalue weighted by Gasteiger charge is 2.87. The average molecular weight is 348 g/mol. The first-order valence-electron chi connectivity index (χ1n) is 4.95. The maximum Gasteiger partial charge on any atom is 0.412 e. The predicted octanol–water partition coefficient (Wildman–Crippen LogP) is 2.28. The molecule has 0 radical (unpaired) electrons. The van der Waals surface area contributed by atoms with Gasteiger partial charge in [0.05, 0.1) is 5.92 Å². The van der Waals surface area contributed by atoms with Gasteiger partial charge in [-0.25, -0.2) is 0 Å². The quantitative estimate of drug-likeness (QED) is 0.564. The Bertz CT molecular complexity index is 416. The first kappa shape index (κ1) is 17.8. The van der Waals surface area contributed by atoms with Gasteiger partial charge in [-0.2, -0.15) is 39.5 Å². The van der Waals surface area contributed by atoms with Gasteiger partial charge >= 0.3 is 18.5 Å². The molecule has 0 bridgehead atoms. The second-order valence-electron chi connectivity index (χ2n) is 4.05. The molecule has 21 heavy (non-hydrogen) atoms. The van der Waals surface area contributed by atoms with Gasteiger partial charge in [0, 0.05) is 6.54 Å². The summed E-state index contributed by atoms with van der Waals surface area (Å²) in [4.78, 5) is 11.3. The number of thiocarbonyl (C=S) groups is 1. The van der Waals surface area contributed by atoms with E-state index >= 15 is 0 Å². The molecule has 2 N–H and O–H groups in total. The van der Waals surface area contributed by atoms with E-state index in [4.69, 9.17) is 0 Å². The summed E-state index contributed by atoms with van der Waals surface area (Å²) >= 11 is 4.25. The summed E-state index contributed by atoms with van der Waals surface area (Å²) < 4.78 is 115. The summed E-state index contributed by atoms with van der Waals surface area (Å²) in [7, 11) is 0. The van der Waals surface area contributed by atoms with Gasteiger partial charge in [0.1, 0.15) is 0 Å². The van der Waals surface area contributed by atoms with E-state index in [2.05, 4.69) is 12.2 Å². The van der Waals surface area contributed by atoms with E-state index in [0.717, 1.165) is 0 Å². The monoisotopic (exact) mass is 348 g/mol. The van der Waals surface area contributed by atoms with Gasteiger partial charge < -0.3 is 10.6 Å². The minimum absolute atomic E-state index is 0.656. The molecule has 0 spiro atoms. The van der Waals surface area contributed by atoms with Crippen LogP contribution in [0.4, 0.5) is 39.5 Å². The second kappa shape index (κ2) is 4.88. The highest BCUT2D eigenvalue weighted by molar-refractivity contribution is 7.80. The zero-order valence-corrected chi connectivity index (χ0v) is 10.3. The van der Waals surface area contributed by atoms with E-state index in [9.17, 15) is 44.3 Å². The van der Waals surface area contributed by atoms with Crippen molar-refractivity contribution in [3.05, 3.63) is 0 Å². The number of carbonyl (C=O) groups excluding carboxylic acids is 1. The number of carbonyl (C=O) groups is 1. The summed E-state index contributed by atoms with van der Waals surface area (Å²) in [5.41, 5.74) is -6.19. The van der Waals surface area contributed by atoms with Crippen LogP contribution >= 0.6 is 12.2 Å². The van der Waals surface area contributed by atoms with Crippen molar-refractivity contribution in [2.24, 2.45) is 11.3 Å². The second-order valence-corrected chi connectivity index (χ2v) is 4.46. The molecule has 13 heteroatoms. The molecule has 122 valence electrons. The van der Waals surface area contributed by atoms with Crippen LogP contribution in [-0.4, -0.2) is 36.1 Å². The molecule has 1 heterocycles. The topological polar surface area (TPSA) is 41.1 Å². The van der Waals surface area contributed by atoms with Gasteiger partial charge in [0.15, 0.2) is 5.11 Å². The SMILES string of the molecule is O=C1NC(=S)NCC1C(C(F)(F)F)(C(F)(F)F)C(F)(F)F. The molecule has 1 fully saturated rings. The maximum atomic E-state index is 12.7. The van der Waals surface area contributed by atoms with Crippen molar-refractivity contribution in [2.45, 2.75) is 18.5 Å². The summed E-state index contributed by atoms with van der Waals surface area (Å²) in [6, 6.07) is 0. The smallest absolute Gasteiger partial charge is 0.362 e. The Hall–Kier alpha value is -1.27. The summed E-state index contributed by atoms with van der Waals surface area (Å²) in [5, 5.41) is 2.36. The van der Waals surface area contributed by atoms with Crippen LogP contribution in [0.25, 0.3) is 0 Å². The molecule has 1 aliphatic heterocycles. The molecule has 0 aromatic rings. The van der Waals surface area contributed by atoms with E-state index in [1.807, 2.05) is 0 Å². The highest BCUT2D eigenvalue weighted by Crippen LogP contribution is 2.63. The molecule has 3 nitrogen and oxygen atoms in total. The van der Waals surface area contributed by atoms with Crippen molar-refractivity contribution in [3.63, 3.8) is 0 Å². The molecule has 1 amide bonds. The Labute approximate surface area is 115 Å². The van der Waals surface area contributed by atoms with Crippen LogP contribution < -0.4 is 10.6 Å². The third-order valence-electron chi connectivity index (χ3n) is 2.88. The molecule has 1 aliphatic rings. The van der Waals surface area contributed by atoms with Crippen molar-refractivity contribution in [1.82, 2.24) is 10.6 Å². The minimum atomic E-state index is -6.79. The van der Waals surface area contributed by atoms with Crippen LogP contribution in [0, 0.1) is 11.3 Å². The zero-order valence-electron chi connectivity index (χ0n) is 9.50. The van der Waals surface area contributed by atoms with Gasteiger partial charge in [-0.1, -0.05) is 0 Å². The molecule has 0 aromatic heterocycles. The number of hydrogen-bond acceptors (Lipinski definition) is 2. The van der Waals surface area contributed by atoms with E-state index in [0.29, 0.717) is 0 Å². The molecule has 1 rings (SSSR count). The Balaban J connectivity index is 3.59. The van der Waals surface area contributed by atoms with Crippen molar-refractivity contribution in [2.75, 3.05) is 6.54 Å². The molecule has 1 atom stereocenters. The van der Waals surface area contributed by atoms with Gasteiger partial charge in [-0.15, -0.1) is 0 Å². The van der Waals surface area contributed by atoms with Crippen molar-refractivity contribution in [1.29, 1.82) is 0 Å². The first-order valence-corrected chi connectivity index (χ1v) is 5.36. The van der Waals surface area contributed by atoms with E-state index in [-0.39, 0.29) is 0 Å². The van der Waals surface area contributed by atoms with E-state index in [1.165, 1.54) is 5.32 Å². The lowest BCUT2D eigenvalue weighted by atomic mass is 9.71. The Morgan fingerprint density at radius 3 is 1.57 bits per heavy atom. The lowest BCUT2D eigenvalue weighted by molar-refractivity contribution is -0.438. The summed E-state index contributed by atoms with van der Waals surface area (Å²) in [6.07, 6.45) is -20.4. The molecule has 0 saturated carbocycles. The fourth-order valence-corrected chi connectivity index (χ4v) is 2.14. The number of nitrogens with one attached hydrogen (secondary N) is 2. The Morgan fingerprint density at radius 1 is 0.905 bits per heavy atom. The van der Waals surface area contributed by atoms with Gasteiger partial charge in [0.25, 0.3) is 5.41 Å². The normalized spacial score (nSPS) is 21.9. The van der Waals surface area contributed by atoms with Crippen LogP contribution in [0.1, 0.15) is 0 Å². The fraction of sp³-hybridized carbons (Fsp3) is 0.750. The minimum Gasteiger partial charge on any atom is -0.362 e.